The first-order chi connectivity index (χ1) is 14.0. The summed E-state index contributed by atoms with van der Waals surface area (Å²) in [7, 11) is 0. The van der Waals surface area contributed by atoms with Gasteiger partial charge in [0, 0.05) is 30.9 Å². The third-order valence-electron chi connectivity index (χ3n) is 4.21. The minimum Gasteiger partial charge on any atom is -0.326 e. The Kier molecular flexibility index (Phi) is 6.52. The third-order valence-corrected chi connectivity index (χ3v) is 4.21. The number of aromatic nitrogens is 1. The van der Waals surface area contributed by atoms with E-state index in [9.17, 15) is 18.8 Å². The molecular formula is C22H20FN3O3. The number of hydrogen-bond donors (Lipinski definition) is 2. The molecule has 2 aromatic carbocycles. The summed E-state index contributed by atoms with van der Waals surface area (Å²) in [6, 6.07) is 17.8. The van der Waals surface area contributed by atoms with Crippen LogP contribution in [0.15, 0.2) is 77.7 Å². The summed E-state index contributed by atoms with van der Waals surface area (Å²) in [6.45, 7) is 0.230. The topological polar surface area (TPSA) is 80.2 Å². The van der Waals surface area contributed by atoms with E-state index in [-0.39, 0.29) is 42.4 Å². The predicted octanol–water partition coefficient (Wildman–Crippen LogP) is 3.20. The molecule has 0 radical (unpaired) electrons. The summed E-state index contributed by atoms with van der Waals surface area (Å²) < 4.78 is 15.5. The first kappa shape index (κ1) is 20.0. The van der Waals surface area contributed by atoms with Gasteiger partial charge >= 0.3 is 0 Å². The lowest BCUT2D eigenvalue weighted by Gasteiger charge is -2.11. The predicted molar refractivity (Wildman–Crippen MR) is 109 cm³/mol. The van der Waals surface area contributed by atoms with Gasteiger partial charge in [-0.15, -0.1) is 0 Å². The highest BCUT2D eigenvalue weighted by Crippen LogP contribution is 2.20. The molecule has 6 nitrogen and oxygen atoms in total. The smallest absolute Gasteiger partial charge is 0.250 e. The molecule has 2 N–H and O–H groups in total. The van der Waals surface area contributed by atoms with Gasteiger partial charge in [-0.05, 0) is 29.8 Å². The molecule has 0 atom stereocenters. The molecule has 3 aromatic rings. The number of aryl methyl sites for hydroxylation is 1. The molecule has 0 saturated heterocycles. The van der Waals surface area contributed by atoms with Crippen molar-refractivity contribution in [2.45, 2.75) is 19.4 Å². The van der Waals surface area contributed by atoms with Crippen molar-refractivity contribution in [2.24, 2.45) is 0 Å². The molecule has 3 rings (SSSR count). The highest BCUT2D eigenvalue weighted by molar-refractivity contribution is 5.95. The second kappa shape index (κ2) is 9.45. The second-order valence-electron chi connectivity index (χ2n) is 6.44. The van der Waals surface area contributed by atoms with Gasteiger partial charge in [0.2, 0.25) is 11.8 Å². The van der Waals surface area contributed by atoms with Crippen LogP contribution >= 0.6 is 0 Å². The average molecular weight is 393 g/mol. The largest absolute Gasteiger partial charge is 0.326 e. The number of benzene rings is 2. The van der Waals surface area contributed by atoms with Crippen molar-refractivity contribution in [3.8, 4) is 0 Å². The number of rotatable bonds is 7. The highest BCUT2D eigenvalue weighted by Gasteiger charge is 2.10. The Bertz CT molecular complexity index is 1060. The maximum atomic E-state index is 14.1. The lowest BCUT2D eigenvalue weighted by Crippen LogP contribution is -2.22. The summed E-state index contributed by atoms with van der Waals surface area (Å²) in [5.74, 6) is -1.28. The zero-order valence-corrected chi connectivity index (χ0v) is 15.6. The number of carbonyl (C=O) groups excluding carboxylic acids is 2. The monoisotopic (exact) mass is 393 g/mol. The molecular weight excluding hydrogens is 373 g/mol. The molecule has 0 aliphatic rings. The Morgan fingerprint density at radius 1 is 0.897 bits per heavy atom. The summed E-state index contributed by atoms with van der Waals surface area (Å²) in [5.41, 5.74) is 0.964. The van der Waals surface area contributed by atoms with Gasteiger partial charge in [0.15, 0.2) is 0 Å². The van der Waals surface area contributed by atoms with Crippen LogP contribution in [0.1, 0.15) is 12.0 Å². The number of anilines is 2. The minimum atomic E-state index is -0.597. The standard InChI is InChI=1S/C22H20FN3O3/c23-18-10-9-17(24-20(27)11-13-26-12-5-4-8-22(26)29)15-19(18)25-21(28)14-16-6-2-1-3-7-16/h1-10,12,15H,11,13-14H2,(H,24,27)(H,25,28). The van der Waals surface area contributed by atoms with Gasteiger partial charge in [-0.25, -0.2) is 4.39 Å². The number of nitrogens with zero attached hydrogens (tertiary/aromatic N) is 1. The van der Waals surface area contributed by atoms with E-state index in [0.29, 0.717) is 5.69 Å². The lowest BCUT2D eigenvalue weighted by atomic mass is 10.1. The van der Waals surface area contributed by atoms with E-state index in [1.807, 2.05) is 30.3 Å². The molecule has 0 spiro atoms. The van der Waals surface area contributed by atoms with Crippen molar-refractivity contribution < 1.29 is 14.0 Å². The van der Waals surface area contributed by atoms with Crippen molar-refractivity contribution in [2.75, 3.05) is 10.6 Å². The van der Waals surface area contributed by atoms with Crippen molar-refractivity contribution in [1.29, 1.82) is 0 Å². The molecule has 2 amide bonds. The Hall–Kier alpha value is -3.74. The molecule has 1 aromatic heterocycles. The van der Waals surface area contributed by atoms with Crippen LogP contribution in [-0.4, -0.2) is 16.4 Å². The SMILES string of the molecule is O=C(CCn1ccccc1=O)Nc1ccc(F)c(NC(=O)Cc2ccccc2)c1. The average Bonchev–Trinajstić information content (AvgIpc) is 2.70. The van der Waals surface area contributed by atoms with Crippen LogP contribution < -0.4 is 16.2 Å². The first-order valence-corrected chi connectivity index (χ1v) is 9.10. The Morgan fingerprint density at radius 3 is 2.41 bits per heavy atom. The molecule has 0 aliphatic carbocycles. The maximum Gasteiger partial charge on any atom is 0.250 e. The van der Waals surface area contributed by atoms with E-state index in [1.54, 1.807) is 18.3 Å². The summed E-state index contributed by atoms with van der Waals surface area (Å²) in [4.78, 5) is 36.0. The molecule has 29 heavy (non-hydrogen) atoms. The zero-order chi connectivity index (χ0) is 20.6. The van der Waals surface area contributed by atoms with E-state index in [1.165, 1.54) is 28.8 Å². The van der Waals surface area contributed by atoms with Gasteiger partial charge in [-0.3, -0.25) is 14.4 Å². The van der Waals surface area contributed by atoms with E-state index in [2.05, 4.69) is 10.6 Å². The van der Waals surface area contributed by atoms with Crippen molar-refractivity contribution in [1.82, 2.24) is 4.57 Å². The molecule has 148 valence electrons. The van der Waals surface area contributed by atoms with Crippen molar-refractivity contribution in [3.63, 3.8) is 0 Å². The number of hydrogen-bond acceptors (Lipinski definition) is 3. The Labute approximate surface area is 167 Å². The molecule has 0 bridgehead atoms. The quantitative estimate of drug-likeness (QED) is 0.647. The van der Waals surface area contributed by atoms with Crippen molar-refractivity contribution in [3.05, 3.63) is 94.7 Å². The molecule has 0 fully saturated rings. The van der Waals surface area contributed by atoms with Crippen LogP contribution in [0.4, 0.5) is 15.8 Å². The van der Waals surface area contributed by atoms with E-state index >= 15 is 0 Å². The number of pyridine rings is 1. The molecule has 0 aliphatic heterocycles. The van der Waals surface area contributed by atoms with Gasteiger partial charge < -0.3 is 15.2 Å². The first-order valence-electron chi connectivity index (χ1n) is 9.10. The van der Waals surface area contributed by atoms with Crippen molar-refractivity contribution >= 4 is 23.2 Å². The van der Waals surface area contributed by atoms with Crippen LogP contribution in [0.3, 0.4) is 0 Å². The number of nitrogens with one attached hydrogen (secondary N) is 2. The zero-order valence-electron chi connectivity index (χ0n) is 15.6. The fourth-order valence-corrected chi connectivity index (χ4v) is 2.77. The number of halogens is 1. The van der Waals surface area contributed by atoms with E-state index in [4.69, 9.17) is 0 Å². The normalized spacial score (nSPS) is 10.4. The molecule has 1 heterocycles. The number of amides is 2. The fourth-order valence-electron chi connectivity index (χ4n) is 2.77. The second-order valence-corrected chi connectivity index (χ2v) is 6.44. The molecule has 0 saturated carbocycles. The van der Waals surface area contributed by atoms with Gasteiger partial charge in [-0.1, -0.05) is 36.4 Å². The Balaban J connectivity index is 1.59. The molecule has 7 heteroatoms. The Morgan fingerprint density at radius 2 is 1.66 bits per heavy atom. The van der Waals surface area contributed by atoms with Gasteiger partial charge in [0.1, 0.15) is 5.82 Å². The van der Waals surface area contributed by atoms with Gasteiger partial charge in [-0.2, -0.15) is 0 Å². The summed E-state index contributed by atoms with van der Waals surface area (Å²) in [6.07, 6.45) is 1.80. The van der Waals surface area contributed by atoms with Crippen LogP contribution in [0.5, 0.6) is 0 Å². The lowest BCUT2D eigenvalue weighted by molar-refractivity contribution is -0.116. The minimum absolute atomic E-state index is 0.0111. The van der Waals surface area contributed by atoms with Crippen LogP contribution in [0, 0.1) is 5.82 Å². The number of carbonyl (C=O) groups is 2. The highest BCUT2D eigenvalue weighted by atomic mass is 19.1. The fraction of sp³-hybridized carbons (Fsp3) is 0.136. The van der Waals surface area contributed by atoms with Crippen LogP contribution in [0.2, 0.25) is 0 Å². The van der Waals surface area contributed by atoms with E-state index in [0.717, 1.165) is 5.56 Å². The van der Waals surface area contributed by atoms with Gasteiger partial charge in [0.05, 0.1) is 12.1 Å². The van der Waals surface area contributed by atoms with E-state index < -0.39 is 5.82 Å². The van der Waals surface area contributed by atoms with Gasteiger partial charge in [0.25, 0.3) is 5.56 Å². The third kappa shape index (κ3) is 5.87. The maximum absolute atomic E-state index is 14.1. The summed E-state index contributed by atoms with van der Waals surface area (Å²) in [5, 5.41) is 5.18. The van der Waals surface area contributed by atoms with Crippen LogP contribution in [0.25, 0.3) is 0 Å². The molecule has 0 unspecified atom stereocenters. The summed E-state index contributed by atoms with van der Waals surface area (Å²) >= 11 is 0. The van der Waals surface area contributed by atoms with Crippen LogP contribution in [-0.2, 0) is 22.6 Å².